The van der Waals surface area contributed by atoms with Crippen LogP contribution < -0.4 is 0 Å². The number of aromatic nitrogens is 1. The minimum absolute atomic E-state index is 0.533. The van der Waals surface area contributed by atoms with E-state index in [4.69, 9.17) is 5.26 Å². The maximum absolute atomic E-state index is 10.5. The van der Waals surface area contributed by atoms with E-state index in [0.29, 0.717) is 10.4 Å². The van der Waals surface area contributed by atoms with Crippen LogP contribution in [0.2, 0.25) is 0 Å². The van der Waals surface area contributed by atoms with Crippen molar-refractivity contribution in [1.82, 2.24) is 4.98 Å². The molecule has 0 aromatic carbocycles. The van der Waals surface area contributed by atoms with Gasteiger partial charge in [0.1, 0.15) is 6.07 Å². The number of aldehydes is 1. The van der Waals surface area contributed by atoms with Gasteiger partial charge in [-0.1, -0.05) is 0 Å². The van der Waals surface area contributed by atoms with Crippen LogP contribution in [0.25, 0.3) is 10.6 Å². The zero-order chi connectivity index (χ0) is 10.7. The fourth-order valence-corrected chi connectivity index (χ4v) is 1.96. The van der Waals surface area contributed by atoms with E-state index in [1.165, 1.54) is 17.5 Å². The molecule has 4 heteroatoms. The summed E-state index contributed by atoms with van der Waals surface area (Å²) < 4.78 is 0. The van der Waals surface area contributed by atoms with Crippen molar-refractivity contribution in [2.75, 3.05) is 0 Å². The van der Waals surface area contributed by atoms with Crippen LogP contribution in [0.5, 0.6) is 0 Å². The fraction of sp³-hybridized carbons (Fsp3) is 0. The lowest BCUT2D eigenvalue weighted by Crippen LogP contribution is -1.81. The van der Waals surface area contributed by atoms with Crippen LogP contribution in [-0.4, -0.2) is 11.3 Å². The predicted molar refractivity (Wildman–Crippen MR) is 57.7 cm³/mol. The van der Waals surface area contributed by atoms with E-state index >= 15 is 0 Å². The lowest BCUT2D eigenvalue weighted by Gasteiger charge is -1.94. The Kier molecular flexibility index (Phi) is 2.57. The third-order valence-electron chi connectivity index (χ3n) is 1.89. The van der Waals surface area contributed by atoms with Crippen LogP contribution in [0.15, 0.2) is 30.5 Å². The van der Waals surface area contributed by atoms with E-state index in [-0.39, 0.29) is 0 Å². The molecule has 0 N–H and O–H groups in total. The van der Waals surface area contributed by atoms with Crippen LogP contribution in [0.4, 0.5) is 0 Å². The molecule has 0 aliphatic carbocycles. The first-order valence-electron chi connectivity index (χ1n) is 4.25. The highest BCUT2D eigenvalue weighted by Gasteiger charge is 2.03. The van der Waals surface area contributed by atoms with Gasteiger partial charge in [0.2, 0.25) is 0 Å². The smallest absolute Gasteiger partial charge is 0.160 e. The van der Waals surface area contributed by atoms with Gasteiger partial charge in [-0.15, -0.1) is 11.3 Å². The van der Waals surface area contributed by atoms with Gasteiger partial charge in [0.25, 0.3) is 0 Å². The van der Waals surface area contributed by atoms with Crippen LogP contribution >= 0.6 is 11.3 Å². The SMILES string of the molecule is N#Cc1ccc(-c2ccc(C=O)s2)nc1. The number of carbonyl (C=O) groups excluding carboxylic acids is 1. The van der Waals surface area contributed by atoms with Gasteiger partial charge in [-0.2, -0.15) is 5.26 Å². The molecule has 0 aliphatic heterocycles. The minimum atomic E-state index is 0.533. The van der Waals surface area contributed by atoms with Gasteiger partial charge < -0.3 is 0 Å². The van der Waals surface area contributed by atoms with Gasteiger partial charge in [0.15, 0.2) is 6.29 Å². The first-order valence-corrected chi connectivity index (χ1v) is 5.06. The predicted octanol–water partition coefficient (Wildman–Crippen LogP) is 2.49. The zero-order valence-electron chi connectivity index (χ0n) is 7.68. The second kappa shape index (κ2) is 4.03. The topological polar surface area (TPSA) is 53.8 Å². The Morgan fingerprint density at radius 1 is 1.33 bits per heavy atom. The van der Waals surface area contributed by atoms with Crippen molar-refractivity contribution < 1.29 is 4.79 Å². The Hall–Kier alpha value is -1.99. The molecular weight excluding hydrogens is 208 g/mol. The molecule has 72 valence electrons. The normalized spacial score (nSPS) is 9.53. The molecule has 15 heavy (non-hydrogen) atoms. The van der Waals surface area contributed by atoms with E-state index in [2.05, 4.69) is 4.98 Å². The average molecular weight is 214 g/mol. The molecule has 0 saturated heterocycles. The highest BCUT2D eigenvalue weighted by molar-refractivity contribution is 7.17. The molecule has 0 amide bonds. The summed E-state index contributed by atoms with van der Waals surface area (Å²) in [4.78, 5) is 16.2. The molecular formula is C11H6N2OS. The van der Waals surface area contributed by atoms with Crippen molar-refractivity contribution in [1.29, 1.82) is 5.26 Å². The molecule has 0 saturated carbocycles. The fourth-order valence-electron chi connectivity index (χ4n) is 1.16. The van der Waals surface area contributed by atoms with Gasteiger partial charge in [0, 0.05) is 6.20 Å². The first-order chi connectivity index (χ1) is 7.33. The molecule has 2 aromatic heterocycles. The molecule has 0 fully saturated rings. The monoisotopic (exact) mass is 214 g/mol. The maximum atomic E-state index is 10.5. The van der Waals surface area contributed by atoms with Crippen LogP contribution in [0, 0.1) is 11.3 Å². The molecule has 0 radical (unpaired) electrons. The third kappa shape index (κ3) is 1.92. The summed E-state index contributed by atoms with van der Waals surface area (Å²) in [5, 5.41) is 8.61. The highest BCUT2D eigenvalue weighted by Crippen LogP contribution is 2.25. The van der Waals surface area contributed by atoms with E-state index < -0.39 is 0 Å². The molecule has 3 nitrogen and oxygen atoms in total. The quantitative estimate of drug-likeness (QED) is 0.722. The molecule has 0 atom stereocenters. The van der Waals surface area contributed by atoms with Crippen molar-refractivity contribution in [3.05, 3.63) is 40.9 Å². The highest BCUT2D eigenvalue weighted by atomic mass is 32.1. The summed E-state index contributed by atoms with van der Waals surface area (Å²) in [6.07, 6.45) is 2.34. The molecule has 0 aliphatic rings. The van der Waals surface area contributed by atoms with Crippen LogP contribution in [0.3, 0.4) is 0 Å². The maximum Gasteiger partial charge on any atom is 0.160 e. The van der Waals surface area contributed by atoms with Gasteiger partial charge in [0.05, 0.1) is 21.0 Å². The second-order valence-corrected chi connectivity index (χ2v) is 3.98. The molecule has 0 bridgehead atoms. The third-order valence-corrected chi connectivity index (χ3v) is 2.92. The van der Waals surface area contributed by atoms with E-state index in [9.17, 15) is 4.79 Å². The Morgan fingerprint density at radius 3 is 2.73 bits per heavy atom. The van der Waals surface area contributed by atoms with E-state index in [0.717, 1.165) is 16.9 Å². The number of pyridine rings is 1. The van der Waals surface area contributed by atoms with Gasteiger partial charge in [-0.3, -0.25) is 9.78 Å². The number of rotatable bonds is 2. The van der Waals surface area contributed by atoms with Crippen molar-refractivity contribution in [3.63, 3.8) is 0 Å². The standard InChI is InChI=1S/C11H6N2OS/c12-5-8-1-3-10(13-6-8)11-4-2-9(7-14)15-11/h1-4,6-7H. The molecule has 0 spiro atoms. The summed E-state index contributed by atoms with van der Waals surface area (Å²) in [7, 11) is 0. The lowest BCUT2D eigenvalue weighted by molar-refractivity contribution is 0.112. The van der Waals surface area contributed by atoms with Crippen molar-refractivity contribution in [2.24, 2.45) is 0 Å². The lowest BCUT2D eigenvalue weighted by atomic mass is 10.2. The van der Waals surface area contributed by atoms with Crippen molar-refractivity contribution >= 4 is 17.6 Å². The number of carbonyl (C=O) groups is 1. The summed E-state index contributed by atoms with van der Waals surface area (Å²) in [5.41, 5.74) is 1.32. The Morgan fingerprint density at radius 2 is 2.20 bits per heavy atom. The van der Waals surface area contributed by atoms with Gasteiger partial charge in [-0.25, -0.2) is 0 Å². The zero-order valence-corrected chi connectivity index (χ0v) is 8.49. The largest absolute Gasteiger partial charge is 0.297 e. The number of thiophene rings is 1. The minimum Gasteiger partial charge on any atom is -0.297 e. The number of hydrogen-bond donors (Lipinski definition) is 0. The Labute approximate surface area is 90.6 Å². The van der Waals surface area contributed by atoms with Crippen molar-refractivity contribution in [2.45, 2.75) is 0 Å². The number of nitriles is 1. The van der Waals surface area contributed by atoms with E-state index in [1.54, 1.807) is 18.2 Å². The van der Waals surface area contributed by atoms with Gasteiger partial charge in [-0.05, 0) is 24.3 Å². The van der Waals surface area contributed by atoms with Crippen molar-refractivity contribution in [3.8, 4) is 16.6 Å². The first kappa shape index (κ1) is 9.56. The number of hydrogen-bond acceptors (Lipinski definition) is 4. The Balaban J connectivity index is 2.37. The Bertz CT molecular complexity index is 522. The summed E-state index contributed by atoms with van der Waals surface area (Å²) in [5.74, 6) is 0. The van der Waals surface area contributed by atoms with Crippen LogP contribution in [0.1, 0.15) is 15.2 Å². The summed E-state index contributed by atoms with van der Waals surface area (Å²) >= 11 is 1.39. The van der Waals surface area contributed by atoms with E-state index in [1.807, 2.05) is 12.1 Å². The van der Waals surface area contributed by atoms with Gasteiger partial charge >= 0.3 is 0 Å². The molecule has 2 aromatic rings. The second-order valence-electron chi connectivity index (χ2n) is 2.86. The molecule has 2 heterocycles. The summed E-state index contributed by atoms with van der Waals surface area (Å²) in [6.45, 7) is 0. The number of nitrogens with zero attached hydrogens (tertiary/aromatic N) is 2. The molecule has 2 rings (SSSR count). The molecule has 0 unspecified atom stereocenters. The average Bonchev–Trinajstić information content (AvgIpc) is 2.78. The summed E-state index contributed by atoms with van der Waals surface area (Å²) in [6, 6.07) is 9.10. The van der Waals surface area contributed by atoms with Crippen LogP contribution in [-0.2, 0) is 0 Å².